The van der Waals surface area contributed by atoms with Gasteiger partial charge in [0.2, 0.25) is 0 Å². The highest BCUT2D eigenvalue weighted by molar-refractivity contribution is 6.33. The molecule has 0 spiro atoms. The molecule has 1 aromatic carbocycles. The third-order valence-corrected chi connectivity index (χ3v) is 3.83. The van der Waals surface area contributed by atoms with Crippen molar-refractivity contribution in [3.8, 4) is 0 Å². The number of likely N-dealkylation sites (N-methyl/N-ethyl adjacent to an activating group) is 1. The minimum Gasteiger partial charge on any atom is -0.351 e. The molecule has 7 heteroatoms. The molecule has 21 heavy (non-hydrogen) atoms. The fraction of sp³-hybridized carbons (Fsp3) is 0.500. The Bertz CT molecular complexity index is 522. The maximum Gasteiger partial charge on any atom is 0.270 e. The normalized spacial score (nSPS) is 12.2. The highest BCUT2D eigenvalue weighted by Gasteiger charge is 2.16. The zero-order valence-electron chi connectivity index (χ0n) is 12.4. The zero-order valence-corrected chi connectivity index (χ0v) is 13.2. The number of hydrogen-bond donors (Lipinski definition) is 1. The standard InChI is InChI=1S/C14H20ClN3O3/c1-4-10(2)17(3)8-7-16-14(19)12-9-11(18(20)21)5-6-13(12)15/h5-6,9-10H,4,7-8H2,1-3H3,(H,16,19). The fourth-order valence-corrected chi connectivity index (χ4v) is 1.98. The lowest BCUT2D eigenvalue weighted by molar-refractivity contribution is -0.384. The van der Waals surface area contributed by atoms with Gasteiger partial charge in [-0.1, -0.05) is 18.5 Å². The zero-order chi connectivity index (χ0) is 16.0. The van der Waals surface area contributed by atoms with Crippen molar-refractivity contribution < 1.29 is 9.72 Å². The van der Waals surface area contributed by atoms with E-state index in [2.05, 4.69) is 24.1 Å². The van der Waals surface area contributed by atoms with Gasteiger partial charge < -0.3 is 10.2 Å². The number of rotatable bonds is 7. The molecule has 1 rings (SSSR count). The van der Waals surface area contributed by atoms with E-state index in [9.17, 15) is 14.9 Å². The Labute approximate surface area is 129 Å². The third kappa shape index (κ3) is 4.99. The van der Waals surface area contributed by atoms with Crippen LogP contribution in [0.25, 0.3) is 0 Å². The van der Waals surface area contributed by atoms with Crippen molar-refractivity contribution in [2.24, 2.45) is 0 Å². The number of carbonyl (C=O) groups excluding carboxylic acids is 1. The van der Waals surface area contributed by atoms with E-state index in [4.69, 9.17) is 11.6 Å². The molecule has 0 heterocycles. The van der Waals surface area contributed by atoms with Gasteiger partial charge in [-0.3, -0.25) is 14.9 Å². The van der Waals surface area contributed by atoms with Crippen LogP contribution >= 0.6 is 11.6 Å². The van der Waals surface area contributed by atoms with Crippen LogP contribution in [-0.2, 0) is 0 Å². The van der Waals surface area contributed by atoms with E-state index < -0.39 is 10.8 Å². The summed E-state index contributed by atoms with van der Waals surface area (Å²) in [5.74, 6) is -0.402. The van der Waals surface area contributed by atoms with E-state index in [-0.39, 0.29) is 16.3 Å². The van der Waals surface area contributed by atoms with Crippen molar-refractivity contribution in [1.29, 1.82) is 0 Å². The van der Waals surface area contributed by atoms with Gasteiger partial charge in [-0.25, -0.2) is 0 Å². The second kappa shape index (κ2) is 7.95. The molecule has 116 valence electrons. The first-order valence-corrected chi connectivity index (χ1v) is 7.17. The van der Waals surface area contributed by atoms with Gasteiger partial charge in [-0.2, -0.15) is 0 Å². The molecule has 1 unspecified atom stereocenters. The molecule has 0 saturated heterocycles. The molecule has 0 saturated carbocycles. The largest absolute Gasteiger partial charge is 0.351 e. The second-order valence-electron chi connectivity index (χ2n) is 4.92. The smallest absolute Gasteiger partial charge is 0.270 e. The number of nitrogens with zero attached hydrogens (tertiary/aromatic N) is 2. The van der Waals surface area contributed by atoms with Crippen LogP contribution in [0.3, 0.4) is 0 Å². The highest BCUT2D eigenvalue weighted by atomic mass is 35.5. The number of nitrogens with one attached hydrogen (secondary N) is 1. The third-order valence-electron chi connectivity index (χ3n) is 3.50. The molecule has 0 aromatic heterocycles. The first-order valence-electron chi connectivity index (χ1n) is 6.79. The summed E-state index contributed by atoms with van der Waals surface area (Å²) in [6, 6.07) is 4.26. The Morgan fingerprint density at radius 3 is 2.76 bits per heavy atom. The van der Waals surface area contributed by atoms with Crippen molar-refractivity contribution in [2.75, 3.05) is 20.1 Å². The summed E-state index contributed by atoms with van der Waals surface area (Å²) in [7, 11) is 1.99. The van der Waals surface area contributed by atoms with Crippen LogP contribution in [0.1, 0.15) is 30.6 Å². The second-order valence-corrected chi connectivity index (χ2v) is 5.32. The van der Waals surface area contributed by atoms with Crippen molar-refractivity contribution in [3.05, 3.63) is 38.9 Å². The Morgan fingerprint density at radius 2 is 2.19 bits per heavy atom. The van der Waals surface area contributed by atoms with E-state index in [1.165, 1.54) is 18.2 Å². The van der Waals surface area contributed by atoms with Crippen LogP contribution < -0.4 is 5.32 Å². The van der Waals surface area contributed by atoms with Gasteiger partial charge in [-0.05, 0) is 26.5 Å². The SMILES string of the molecule is CCC(C)N(C)CCNC(=O)c1cc([N+](=O)[O-])ccc1Cl. The van der Waals surface area contributed by atoms with Crippen molar-refractivity contribution in [1.82, 2.24) is 10.2 Å². The number of non-ortho nitro benzene ring substituents is 1. The molecule has 6 nitrogen and oxygen atoms in total. The van der Waals surface area contributed by atoms with Gasteiger partial charge in [-0.15, -0.1) is 0 Å². The molecule has 0 fully saturated rings. The summed E-state index contributed by atoms with van der Waals surface area (Å²) in [5, 5.41) is 13.7. The average Bonchev–Trinajstić information content (AvgIpc) is 2.46. The molecule has 0 aliphatic carbocycles. The van der Waals surface area contributed by atoms with Crippen LogP contribution in [0.4, 0.5) is 5.69 Å². The van der Waals surface area contributed by atoms with Crippen LogP contribution in [0.15, 0.2) is 18.2 Å². The summed E-state index contributed by atoms with van der Waals surface area (Å²) < 4.78 is 0. The van der Waals surface area contributed by atoms with Gasteiger partial charge in [0.05, 0.1) is 15.5 Å². The number of benzene rings is 1. The summed E-state index contributed by atoms with van der Waals surface area (Å²) in [6.07, 6.45) is 1.03. The Hall–Kier alpha value is -1.66. The molecule has 1 amide bonds. The van der Waals surface area contributed by atoms with Crippen molar-refractivity contribution >= 4 is 23.2 Å². The topological polar surface area (TPSA) is 75.5 Å². The molecular weight excluding hydrogens is 294 g/mol. The quantitative estimate of drug-likeness (QED) is 0.620. The molecule has 0 bridgehead atoms. The van der Waals surface area contributed by atoms with Crippen LogP contribution in [0, 0.1) is 10.1 Å². The molecule has 0 aliphatic heterocycles. The van der Waals surface area contributed by atoms with E-state index in [0.717, 1.165) is 6.42 Å². The Balaban J connectivity index is 2.64. The van der Waals surface area contributed by atoms with Gasteiger partial charge in [0.1, 0.15) is 0 Å². The molecule has 0 radical (unpaired) electrons. The number of carbonyl (C=O) groups is 1. The monoisotopic (exact) mass is 313 g/mol. The minimum atomic E-state index is -0.552. The van der Waals surface area contributed by atoms with Crippen molar-refractivity contribution in [3.63, 3.8) is 0 Å². The maximum atomic E-state index is 12.0. The number of nitro groups is 1. The Kier molecular flexibility index (Phi) is 6.58. The molecule has 1 atom stereocenters. The highest BCUT2D eigenvalue weighted by Crippen LogP contribution is 2.21. The average molecular weight is 314 g/mol. The van der Waals surface area contributed by atoms with Crippen LogP contribution in [-0.4, -0.2) is 41.9 Å². The predicted octanol–water partition coefficient (Wildman–Crippen LogP) is 2.71. The van der Waals surface area contributed by atoms with Crippen molar-refractivity contribution in [2.45, 2.75) is 26.3 Å². The number of halogens is 1. The van der Waals surface area contributed by atoms with Gasteiger partial charge in [0.25, 0.3) is 11.6 Å². The summed E-state index contributed by atoms with van der Waals surface area (Å²) >= 11 is 5.92. The van der Waals surface area contributed by atoms with Gasteiger partial charge >= 0.3 is 0 Å². The fourth-order valence-electron chi connectivity index (χ4n) is 1.77. The first kappa shape index (κ1) is 17.4. The molecular formula is C14H20ClN3O3. The van der Waals surface area contributed by atoms with Gasteiger partial charge in [0, 0.05) is 31.3 Å². The Morgan fingerprint density at radius 1 is 1.52 bits per heavy atom. The first-order chi connectivity index (χ1) is 9.86. The minimum absolute atomic E-state index is 0.122. The predicted molar refractivity (Wildman–Crippen MR) is 82.8 cm³/mol. The van der Waals surface area contributed by atoms with E-state index >= 15 is 0 Å². The molecule has 0 aliphatic rings. The lowest BCUT2D eigenvalue weighted by atomic mass is 10.2. The van der Waals surface area contributed by atoms with Crippen LogP contribution in [0.2, 0.25) is 5.02 Å². The number of amides is 1. The van der Waals surface area contributed by atoms with E-state index in [1.807, 2.05) is 7.05 Å². The van der Waals surface area contributed by atoms with Gasteiger partial charge in [0.15, 0.2) is 0 Å². The molecule has 1 aromatic rings. The lowest BCUT2D eigenvalue weighted by Crippen LogP contribution is -2.37. The summed E-state index contributed by atoms with van der Waals surface area (Å²) in [6.45, 7) is 5.37. The summed E-state index contributed by atoms with van der Waals surface area (Å²) in [5.41, 5.74) is -0.0293. The van der Waals surface area contributed by atoms with E-state index in [0.29, 0.717) is 19.1 Å². The summed E-state index contributed by atoms with van der Waals surface area (Å²) in [4.78, 5) is 24.3. The maximum absolute atomic E-state index is 12.0. The lowest BCUT2D eigenvalue weighted by Gasteiger charge is -2.23. The number of hydrogen-bond acceptors (Lipinski definition) is 4. The van der Waals surface area contributed by atoms with Crippen LogP contribution in [0.5, 0.6) is 0 Å². The van der Waals surface area contributed by atoms with E-state index in [1.54, 1.807) is 0 Å². The molecule has 1 N–H and O–H groups in total. The number of nitro benzene ring substituents is 1.